The summed E-state index contributed by atoms with van der Waals surface area (Å²) in [7, 11) is 0. The van der Waals surface area contributed by atoms with E-state index in [2.05, 4.69) is 28.2 Å². The van der Waals surface area contributed by atoms with Crippen LogP contribution in [0.2, 0.25) is 0 Å². The van der Waals surface area contributed by atoms with Gasteiger partial charge in [0.2, 0.25) is 0 Å². The third-order valence-corrected chi connectivity index (χ3v) is 4.24. The SMILES string of the molecule is CC1CCCC1CNc1ccc(Br)cc1[N+](=O)[O-]. The van der Waals surface area contributed by atoms with E-state index in [1.807, 2.05) is 6.07 Å². The van der Waals surface area contributed by atoms with Crippen LogP contribution in [0.25, 0.3) is 0 Å². The predicted octanol–water partition coefficient (Wildman–Crippen LogP) is 4.21. The summed E-state index contributed by atoms with van der Waals surface area (Å²) in [5.41, 5.74) is 0.748. The Labute approximate surface area is 115 Å². The van der Waals surface area contributed by atoms with Gasteiger partial charge in [-0.1, -0.05) is 35.7 Å². The molecule has 0 saturated heterocycles. The minimum atomic E-state index is -0.342. The van der Waals surface area contributed by atoms with Crippen molar-refractivity contribution >= 4 is 27.3 Å². The number of hydrogen-bond acceptors (Lipinski definition) is 3. The van der Waals surface area contributed by atoms with Crippen molar-refractivity contribution in [1.82, 2.24) is 0 Å². The van der Waals surface area contributed by atoms with Crippen molar-refractivity contribution in [3.8, 4) is 0 Å². The van der Waals surface area contributed by atoms with Crippen LogP contribution in [0.1, 0.15) is 26.2 Å². The number of halogens is 1. The lowest BCUT2D eigenvalue weighted by Gasteiger charge is -2.16. The molecule has 1 saturated carbocycles. The highest BCUT2D eigenvalue weighted by Gasteiger charge is 2.24. The van der Waals surface area contributed by atoms with Crippen LogP contribution >= 0.6 is 15.9 Å². The van der Waals surface area contributed by atoms with E-state index in [4.69, 9.17) is 0 Å². The summed E-state index contributed by atoms with van der Waals surface area (Å²) in [5.74, 6) is 1.35. The van der Waals surface area contributed by atoms with Gasteiger partial charge in [0.25, 0.3) is 5.69 Å². The monoisotopic (exact) mass is 312 g/mol. The van der Waals surface area contributed by atoms with Gasteiger partial charge in [0, 0.05) is 17.1 Å². The molecule has 1 aromatic carbocycles. The molecule has 2 unspecified atom stereocenters. The zero-order valence-electron chi connectivity index (χ0n) is 10.4. The van der Waals surface area contributed by atoms with E-state index >= 15 is 0 Å². The minimum absolute atomic E-state index is 0.134. The van der Waals surface area contributed by atoms with Gasteiger partial charge in [-0.15, -0.1) is 0 Å². The van der Waals surface area contributed by atoms with E-state index in [0.29, 0.717) is 17.5 Å². The highest BCUT2D eigenvalue weighted by Crippen LogP contribution is 2.33. The Morgan fingerprint density at radius 3 is 2.89 bits per heavy atom. The molecule has 1 fully saturated rings. The Hall–Kier alpha value is -1.10. The molecule has 0 heterocycles. The fraction of sp³-hybridized carbons (Fsp3) is 0.538. The summed E-state index contributed by atoms with van der Waals surface area (Å²) in [6, 6.07) is 5.13. The number of benzene rings is 1. The number of nitro groups is 1. The van der Waals surface area contributed by atoms with Crippen molar-refractivity contribution in [2.24, 2.45) is 11.8 Å². The lowest BCUT2D eigenvalue weighted by atomic mass is 9.98. The van der Waals surface area contributed by atoms with Crippen molar-refractivity contribution in [1.29, 1.82) is 0 Å². The molecule has 5 heteroatoms. The quantitative estimate of drug-likeness (QED) is 0.669. The molecule has 98 valence electrons. The average Bonchev–Trinajstić information content (AvgIpc) is 2.73. The first-order valence-corrected chi connectivity index (χ1v) is 7.05. The van der Waals surface area contributed by atoms with E-state index in [9.17, 15) is 10.1 Å². The van der Waals surface area contributed by atoms with Crippen LogP contribution in [-0.4, -0.2) is 11.5 Å². The second kappa shape index (κ2) is 5.69. The Balaban J connectivity index is 2.06. The van der Waals surface area contributed by atoms with Gasteiger partial charge in [0.1, 0.15) is 5.69 Å². The number of rotatable bonds is 4. The lowest BCUT2D eigenvalue weighted by molar-refractivity contribution is -0.384. The van der Waals surface area contributed by atoms with Crippen LogP contribution in [-0.2, 0) is 0 Å². The molecule has 0 aliphatic heterocycles. The third kappa shape index (κ3) is 3.02. The number of anilines is 1. The average molecular weight is 313 g/mol. The van der Waals surface area contributed by atoms with Crippen molar-refractivity contribution < 1.29 is 4.92 Å². The first kappa shape index (κ1) is 13.3. The molecular weight excluding hydrogens is 296 g/mol. The van der Waals surface area contributed by atoms with Gasteiger partial charge in [-0.3, -0.25) is 10.1 Å². The number of nitrogens with zero attached hydrogens (tertiary/aromatic N) is 1. The van der Waals surface area contributed by atoms with Crippen molar-refractivity contribution in [2.75, 3.05) is 11.9 Å². The maximum absolute atomic E-state index is 11.0. The van der Waals surface area contributed by atoms with Gasteiger partial charge in [-0.25, -0.2) is 0 Å². The maximum Gasteiger partial charge on any atom is 0.293 e. The first-order chi connectivity index (χ1) is 8.58. The van der Waals surface area contributed by atoms with Crippen molar-refractivity contribution in [3.05, 3.63) is 32.8 Å². The van der Waals surface area contributed by atoms with E-state index in [1.165, 1.54) is 19.3 Å². The van der Waals surface area contributed by atoms with E-state index in [1.54, 1.807) is 12.1 Å². The standard InChI is InChI=1S/C13H17BrN2O2/c1-9-3-2-4-10(9)8-15-12-6-5-11(14)7-13(12)16(17)18/h5-7,9-10,15H,2-4,8H2,1H3. The Morgan fingerprint density at radius 2 is 2.28 bits per heavy atom. The minimum Gasteiger partial charge on any atom is -0.379 e. The molecule has 1 aromatic rings. The van der Waals surface area contributed by atoms with Crippen LogP contribution in [0.5, 0.6) is 0 Å². The molecule has 18 heavy (non-hydrogen) atoms. The zero-order valence-corrected chi connectivity index (χ0v) is 11.9. The topological polar surface area (TPSA) is 55.2 Å². The highest BCUT2D eigenvalue weighted by molar-refractivity contribution is 9.10. The largest absolute Gasteiger partial charge is 0.379 e. The predicted molar refractivity (Wildman–Crippen MR) is 75.8 cm³/mol. The van der Waals surface area contributed by atoms with Gasteiger partial charge < -0.3 is 5.32 Å². The molecule has 1 aliphatic rings. The summed E-state index contributed by atoms with van der Waals surface area (Å²) in [6.07, 6.45) is 3.77. The molecule has 1 aliphatic carbocycles. The van der Waals surface area contributed by atoms with Crippen LogP contribution in [0.4, 0.5) is 11.4 Å². The Bertz CT molecular complexity index is 451. The lowest BCUT2D eigenvalue weighted by Crippen LogP contribution is -2.17. The fourth-order valence-electron chi connectivity index (χ4n) is 2.57. The van der Waals surface area contributed by atoms with E-state index in [-0.39, 0.29) is 10.6 Å². The van der Waals surface area contributed by atoms with Crippen molar-refractivity contribution in [2.45, 2.75) is 26.2 Å². The van der Waals surface area contributed by atoms with Crippen LogP contribution in [0.3, 0.4) is 0 Å². The van der Waals surface area contributed by atoms with E-state index in [0.717, 1.165) is 11.0 Å². The molecule has 0 aromatic heterocycles. The van der Waals surface area contributed by atoms with Gasteiger partial charge >= 0.3 is 0 Å². The normalized spacial score (nSPS) is 23.0. The molecule has 0 spiro atoms. The summed E-state index contributed by atoms with van der Waals surface area (Å²) in [5, 5.41) is 14.2. The molecule has 2 atom stereocenters. The molecule has 0 amide bonds. The second-order valence-corrected chi connectivity index (χ2v) is 5.88. The molecule has 2 rings (SSSR count). The third-order valence-electron chi connectivity index (χ3n) is 3.75. The van der Waals surface area contributed by atoms with Gasteiger partial charge in [-0.05, 0) is 30.4 Å². The van der Waals surface area contributed by atoms with Crippen LogP contribution in [0, 0.1) is 22.0 Å². The summed E-state index contributed by atoms with van der Waals surface area (Å²) < 4.78 is 0.731. The smallest absolute Gasteiger partial charge is 0.293 e. The number of nitrogens with one attached hydrogen (secondary N) is 1. The number of nitro benzene ring substituents is 1. The first-order valence-electron chi connectivity index (χ1n) is 6.25. The fourth-order valence-corrected chi connectivity index (χ4v) is 2.92. The van der Waals surface area contributed by atoms with Crippen LogP contribution in [0.15, 0.2) is 22.7 Å². The second-order valence-electron chi connectivity index (χ2n) is 4.97. The molecule has 4 nitrogen and oxygen atoms in total. The molecule has 0 bridgehead atoms. The summed E-state index contributed by atoms with van der Waals surface area (Å²) in [4.78, 5) is 10.6. The zero-order chi connectivity index (χ0) is 13.1. The highest BCUT2D eigenvalue weighted by atomic mass is 79.9. The molecular formula is C13H17BrN2O2. The maximum atomic E-state index is 11.0. The van der Waals surface area contributed by atoms with E-state index < -0.39 is 0 Å². The number of hydrogen-bond donors (Lipinski definition) is 1. The van der Waals surface area contributed by atoms with Crippen LogP contribution < -0.4 is 5.32 Å². The Morgan fingerprint density at radius 1 is 1.50 bits per heavy atom. The molecule has 0 radical (unpaired) electrons. The summed E-state index contributed by atoms with van der Waals surface area (Å²) >= 11 is 3.26. The summed E-state index contributed by atoms with van der Waals surface area (Å²) in [6.45, 7) is 3.08. The van der Waals surface area contributed by atoms with Gasteiger partial charge in [0.15, 0.2) is 0 Å². The van der Waals surface area contributed by atoms with Gasteiger partial charge in [0.05, 0.1) is 4.92 Å². The van der Waals surface area contributed by atoms with Crippen molar-refractivity contribution in [3.63, 3.8) is 0 Å². The Kier molecular flexibility index (Phi) is 4.22. The van der Waals surface area contributed by atoms with Gasteiger partial charge in [-0.2, -0.15) is 0 Å². The molecule has 1 N–H and O–H groups in total.